The van der Waals surface area contributed by atoms with Crippen LogP contribution in [0.15, 0.2) is 18.2 Å². The predicted molar refractivity (Wildman–Crippen MR) is 94.2 cm³/mol. The van der Waals surface area contributed by atoms with Gasteiger partial charge in [-0.05, 0) is 57.2 Å². The Morgan fingerprint density at radius 2 is 1.96 bits per heavy atom. The van der Waals surface area contributed by atoms with Crippen molar-refractivity contribution >= 4 is 11.8 Å². The lowest BCUT2D eigenvalue weighted by Gasteiger charge is -2.38. The van der Waals surface area contributed by atoms with E-state index in [1.165, 1.54) is 11.3 Å². The van der Waals surface area contributed by atoms with Crippen LogP contribution in [0.2, 0.25) is 0 Å². The highest BCUT2D eigenvalue weighted by Crippen LogP contribution is 2.33. The first-order valence-corrected chi connectivity index (χ1v) is 8.84. The molecule has 0 bridgehead atoms. The number of amides is 1. The first-order chi connectivity index (χ1) is 11.4. The van der Waals surface area contributed by atoms with E-state index in [9.17, 15) is 9.90 Å². The topological polar surface area (TPSA) is 53.0 Å². The fraction of sp³-hybridized carbons (Fsp3) is 0.632. The van der Waals surface area contributed by atoms with Gasteiger partial charge in [-0.1, -0.05) is 12.1 Å². The normalized spacial score (nSPS) is 18.7. The van der Waals surface area contributed by atoms with E-state index in [2.05, 4.69) is 17.0 Å². The summed E-state index contributed by atoms with van der Waals surface area (Å²) in [6.07, 6.45) is 2.78. The number of benzene rings is 1. The number of rotatable bonds is 2. The number of nitrogens with zero attached hydrogens (tertiary/aromatic N) is 2. The van der Waals surface area contributed by atoms with E-state index < -0.39 is 5.60 Å². The van der Waals surface area contributed by atoms with Crippen molar-refractivity contribution < 1.29 is 14.6 Å². The molecule has 0 radical (unpaired) electrons. The fourth-order valence-corrected chi connectivity index (χ4v) is 3.61. The van der Waals surface area contributed by atoms with E-state index in [-0.39, 0.29) is 12.7 Å². The molecule has 1 N–H and O–H groups in total. The lowest BCUT2D eigenvalue weighted by atomic mass is 10.0. The molecule has 1 aromatic rings. The van der Waals surface area contributed by atoms with E-state index in [4.69, 9.17) is 4.74 Å². The number of fused-ring (bicyclic) bond motifs is 1. The molecule has 5 nitrogen and oxygen atoms in total. The maximum atomic E-state index is 12.2. The highest BCUT2D eigenvalue weighted by atomic mass is 16.6. The van der Waals surface area contributed by atoms with E-state index >= 15 is 0 Å². The zero-order valence-electron chi connectivity index (χ0n) is 14.9. The Balaban J connectivity index is 1.62. The number of carbonyl (C=O) groups excluding carboxylic acids is 1. The Labute approximate surface area is 144 Å². The van der Waals surface area contributed by atoms with Gasteiger partial charge in [-0.25, -0.2) is 4.79 Å². The molecule has 2 aliphatic rings. The highest BCUT2D eigenvalue weighted by Gasteiger charge is 2.32. The van der Waals surface area contributed by atoms with E-state index in [0.717, 1.165) is 44.5 Å². The van der Waals surface area contributed by atoms with Crippen LogP contribution in [0, 0.1) is 0 Å². The molecular weight excluding hydrogens is 304 g/mol. The van der Waals surface area contributed by atoms with E-state index in [1.807, 2.05) is 31.7 Å². The number of piperidine rings is 1. The molecule has 1 fully saturated rings. The van der Waals surface area contributed by atoms with Gasteiger partial charge in [0.15, 0.2) is 0 Å². The summed E-state index contributed by atoms with van der Waals surface area (Å²) in [7, 11) is 0. The monoisotopic (exact) mass is 332 g/mol. The molecule has 1 saturated heterocycles. The van der Waals surface area contributed by atoms with Gasteiger partial charge in [0.05, 0.1) is 6.61 Å². The Morgan fingerprint density at radius 3 is 2.58 bits per heavy atom. The van der Waals surface area contributed by atoms with Gasteiger partial charge in [0, 0.05) is 31.4 Å². The average molecular weight is 332 g/mol. The van der Waals surface area contributed by atoms with Crippen LogP contribution >= 0.6 is 0 Å². The largest absolute Gasteiger partial charge is 0.444 e. The Bertz CT molecular complexity index is 601. The van der Waals surface area contributed by atoms with Crippen molar-refractivity contribution in [3.05, 3.63) is 29.3 Å². The lowest BCUT2D eigenvalue weighted by molar-refractivity contribution is 0.0205. The van der Waals surface area contributed by atoms with Crippen LogP contribution in [0.5, 0.6) is 0 Å². The molecule has 0 spiro atoms. The molecule has 5 heteroatoms. The third kappa shape index (κ3) is 3.66. The molecular formula is C19H28N2O3. The Hall–Kier alpha value is -1.75. The Kier molecular flexibility index (Phi) is 4.72. The summed E-state index contributed by atoms with van der Waals surface area (Å²) in [6.45, 7) is 8.29. The van der Waals surface area contributed by atoms with Crippen LogP contribution in [0.4, 0.5) is 10.5 Å². The number of aliphatic hydroxyl groups is 1. The van der Waals surface area contributed by atoms with Gasteiger partial charge in [0.1, 0.15) is 5.60 Å². The molecule has 2 heterocycles. The minimum atomic E-state index is -0.442. The molecule has 2 aliphatic heterocycles. The summed E-state index contributed by atoms with van der Waals surface area (Å²) >= 11 is 0. The van der Waals surface area contributed by atoms with Crippen LogP contribution < -0.4 is 4.90 Å². The van der Waals surface area contributed by atoms with Crippen molar-refractivity contribution in [1.82, 2.24) is 4.90 Å². The SMILES string of the molecule is CC(C)(C)OC(=O)N1CCC(N2CCc3ccc(CO)cc32)CC1. The molecule has 0 aliphatic carbocycles. The van der Waals surface area contributed by atoms with Gasteiger partial charge in [0.25, 0.3) is 0 Å². The van der Waals surface area contributed by atoms with E-state index in [1.54, 1.807) is 0 Å². The van der Waals surface area contributed by atoms with Gasteiger partial charge in [-0.3, -0.25) is 0 Å². The second kappa shape index (κ2) is 6.63. The minimum Gasteiger partial charge on any atom is -0.444 e. The molecule has 0 unspecified atom stereocenters. The second-order valence-corrected chi connectivity index (χ2v) is 7.76. The van der Waals surface area contributed by atoms with Crippen molar-refractivity contribution in [3.8, 4) is 0 Å². The van der Waals surface area contributed by atoms with Crippen molar-refractivity contribution in [2.24, 2.45) is 0 Å². The summed E-state index contributed by atoms with van der Waals surface area (Å²) in [5.74, 6) is 0. The third-order valence-electron chi connectivity index (χ3n) is 4.82. The minimum absolute atomic E-state index is 0.0816. The van der Waals surface area contributed by atoms with Crippen LogP contribution in [0.25, 0.3) is 0 Å². The fourth-order valence-electron chi connectivity index (χ4n) is 3.61. The van der Waals surface area contributed by atoms with Gasteiger partial charge >= 0.3 is 6.09 Å². The maximum absolute atomic E-state index is 12.2. The van der Waals surface area contributed by atoms with Crippen molar-refractivity contribution in [2.45, 2.75) is 58.3 Å². The first-order valence-electron chi connectivity index (χ1n) is 8.84. The number of aliphatic hydroxyl groups excluding tert-OH is 1. The average Bonchev–Trinajstić information content (AvgIpc) is 2.96. The van der Waals surface area contributed by atoms with Gasteiger partial charge in [0.2, 0.25) is 0 Å². The van der Waals surface area contributed by atoms with Crippen molar-refractivity contribution in [1.29, 1.82) is 0 Å². The number of ether oxygens (including phenoxy) is 1. The summed E-state index contributed by atoms with van der Waals surface area (Å²) in [4.78, 5) is 16.5. The number of carbonyl (C=O) groups is 1. The van der Waals surface area contributed by atoms with Crippen molar-refractivity contribution in [3.63, 3.8) is 0 Å². The number of likely N-dealkylation sites (tertiary alicyclic amines) is 1. The predicted octanol–water partition coefficient (Wildman–Crippen LogP) is 2.94. The number of hydrogen-bond donors (Lipinski definition) is 1. The standard InChI is InChI=1S/C19H28N2O3/c1-19(2,3)24-18(23)20-9-7-16(8-10-20)21-11-6-15-5-4-14(13-22)12-17(15)21/h4-5,12,16,22H,6-11,13H2,1-3H3. The van der Waals surface area contributed by atoms with E-state index in [0.29, 0.717) is 6.04 Å². The van der Waals surface area contributed by atoms with Crippen molar-refractivity contribution in [2.75, 3.05) is 24.5 Å². The quantitative estimate of drug-likeness (QED) is 0.905. The molecule has 1 amide bonds. The molecule has 24 heavy (non-hydrogen) atoms. The highest BCUT2D eigenvalue weighted by molar-refractivity contribution is 5.68. The van der Waals surface area contributed by atoms with Crippen LogP contribution in [-0.2, 0) is 17.8 Å². The summed E-state index contributed by atoms with van der Waals surface area (Å²) in [6, 6.07) is 6.71. The first kappa shape index (κ1) is 17.1. The second-order valence-electron chi connectivity index (χ2n) is 7.76. The molecule has 0 saturated carbocycles. The third-order valence-corrected chi connectivity index (χ3v) is 4.82. The van der Waals surface area contributed by atoms with Gasteiger partial charge in [-0.2, -0.15) is 0 Å². The molecule has 132 valence electrons. The zero-order valence-corrected chi connectivity index (χ0v) is 14.9. The summed E-state index contributed by atoms with van der Waals surface area (Å²) < 4.78 is 5.47. The van der Waals surface area contributed by atoms with Gasteiger partial charge in [-0.15, -0.1) is 0 Å². The zero-order chi connectivity index (χ0) is 17.3. The summed E-state index contributed by atoms with van der Waals surface area (Å²) in [5.41, 5.74) is 3.15. The smallest absolute Gasteiger partial charge is 0.410 e. The molecule has 0 aromatic heterocycles. The Morgan fingerprint density at radius 1 is 1.25 bits per heavy atom. The number of anilines is 1. The van der Waals surface area contributed by atoms with Gasteiger partial charge < -0.3 is 19.6 Å². The van der Waals surface area contributed by atoms with Crippen LogP contribution in [0.1, 0.15) is 44.7 Å². The maximum Gasteiger partial charge on any atom is 0.410 e. The molecule has 0 atom stereocenters. The van der Waals surface area contributed by atoms with Crippen LogP contribution in [-0.4, -0.2) is 47.4 Å². The number of hydrogen-bond acceptors (Lipinski definition) is 4. The molecule has 1 aromatic carbocycles. The molecule has 3 rings (SSSR count). The lowest BCUT2D eigenvalue weighted by Crippen LogP contribution is -2.47. The van der Waals surface area contributed by atoms with Crippen LogP contribution in [0.3, 0.4) is 0 Å². The summed E-state index contributed by atoms with van der Waals surface area (Å²) in [5, 5.41) is 9.38.